The van der Waals surface area contributed by atoms with E-state index in [1.807, 2.05) is 12.1 Å². The van der Waals surface area contributed by atoms with Crippen molar-refractivity contribution in [1.29, 1.82) is 0 Å². The molecule has 0 radical (unpaired) electrons. The fourth-order valence-electron chi connectivity index (χ4n) is 3.98. The van der Waals surface area contributed by atoms with Gasteiger partial charge in [0.05, 0.1) is 5.41 Å². The predicted octanol–water partition coefficient (Wildman–Crippen LogP) is 4.07. The average molecular weight is 402 g/mol. The van der Waals surface area contributed by atoms with Crippen molar-refractivity contribution >= 4 is 34.2 Å². The highest BCUT2D eigenvalue weighted by atomic mass is 79.9. The summed E-state index contributed by atoms with van der Waals surface area (Å²) in [5, 5.41) is 3.33. The van der Waals surface area contributed by atoms with Crippen LogP contribution in [0, 0.1) is 0 Å². The fourth-order valence-corrected chi connectivity index (χ4v) is 4.25. The van der Waals surface area contributed by atoms with Crippen molar-refractivity contribution in [1.82, 2.24) is 5.32 Å². The topological polar surface area (TPSA) is 55.1 Å². The van der Waals surface area contributed by atoms with Gasteiger partial charge < -0.3 is 11.1 Å². The first-order valence-electron chi connectivity index (χ1n) is 8.43. The lowest BCUT2D eigenvalue weighted by Crippen LogP contribution is -2.48. The smallest absolute Gasteiger partial charge is 0.230 e. The zero-order chi connectivity index (χ0) is 15.6. The molecule has 0 saturated heterocycles. The Bertz CT molecular complexity index is 520. The Hall–Kier alpha value is -0.580. The van der Waals surface area contributed by atoms with Gasteiger partial charge in [-0.2, -0.15) is 0 Å². The van der Waals surface area contributed by atoms with Gasteiger partial charge in [-0.05, 0) is 56.2 Å². The van der Waals surface area contributed by atoms with Crippen LogP contribution in [-0.4, -0.2) is 18.0 Å². The Morgan fingerprint density at radius 1 is 1.09 bits per heavy atom. The zero-order valence-corrected chi connectivity index (χ0v) is 15.8. The molecule has 0 spiro atoms. The lowest BCUT2D eigenvalue weighted by molar-refractivity contribution is -0.127. The van der Waals surface area contributed by atoms with Crippen LogP contribution in [0.15, 0.2) is 28.7 Å². The number of halogens is 2. The summed E-state index contributed by atoms with van der Waals surface area (Å²) >= 11 is 3.48. The summed E-state index contributed by atoms with van der Waals surface area (Å²) in [5.41, 5.74) is 6.81. The van der Waals surface area contributed by atoms with E-state index in [-0.39, 0.29) is 23.7 Å². The number of amides is 1. The van der Waals surface area contributed by atoms with Crippen LogP contribution in [0.3, 0.4) is 0 Å². The third-order valence-corrected chi connectivity index (χ3v) is 5.92. The molecule has 2 fully saturated rings. The highest BCUT2D eigenvalue weighted by Crippen LogP contribution is 2.42. The van der Waals surface area contributed by atoms with Crippen LogP contribution in [0.1, 0.15) is 56.9 Å². The van der Waals surface area contributed by atoms with Crippen LogP contribution in [0.5, 0.6) is 0 Å². The van der Waals surface area contributed by atoms with Crippen LogP contribution in [0.25, 0.3) is 0 Å². The minimum absolute atomic E-state index is 0. The van der Waals surface area contributed by atoms with Crippen LogP contribution in [0.4, 0.5) is 0 Å². The van der Waals surface area contributed by atoms with Gasteiger partial charge in [-0.1, -0.05) is 40.9 Å². The van der Waals surface area contributed by atoms with Crippen molar-refractivity contribution in [2.75, 3.05) is 0 Å². The summed E-state index contributed by atoms with van der Waals surface area (Å²) in [4.78, 5) is 13.0. The first-order valence-corrected chi connectivity index (χ1v) is 9.22. The average Bonchev–Trinajstić information content (AvgIpc) is 3.01. The maximum atomic E-state index is 13.0. The standard InChI is InChI=1S/C18H25BrN2O.ClH/c19-14-5-3-13(4-6-14)18(11-1-2-12-18)17(22)21-16-9-7-15(20)8-10-16;/h3-6,15-16H,1-2,7-12,20H2,(H,21,22);1H. The van der Waals surface area contributed by atoms with Crippen molar-refractivity contribution in [3.63, 3.8) is 0 Å². The molecule has 1 aromatic carbocycles. The molecule has 0 atom stereocenters. The number of nitrogens with one attached hydrogen (secondary N) is 1. The maximum absolute atomic E-state index is 13.0. The highest BCUT2D eigenvalue weighted by molar-refractivity contribution is 9.10. The third-order valence-electron chi connectivity index (χ3n) is 5.40. The van der Waals surface area contributed by atoms with Crippen molar-refractivity contribution in [3.05, 3.63) is 34.3 Å². The summed E-state index contributed by atoms with van der Waals surface area (Å²) in [6.07, 6.45) is 8.29. The largest absolute Gasteiger partial charge is 0.353 e. The predicted molar refractivity (Wildman–Crippen MR) is 99.9 cm³/mol. The Labute approximate surface area is 153 Å². The second-order valence-electron chi connectivity index (χ2n) is 6.88. The zero-order valence-electron chi connectivity index (χ0n) is 13.4. The van der Waals surface area contributed by atoms with Gasteiger partial charge in [0.2, 0.25) is 5.91 Å². The summed E-state index contributed by atoms with van der Waals surface area (Å²) in [5.74, 6) is 0.229. The van der Waals surface area contributed by atoms with E-state index in [4.69, 9.17) is 5.73 Å². The molecule has 3 rings (SSSR count). The molecular weight excluding hydrogens is 376 g/mol. The van der Waals surface area contributed by atoms with Gasteiger partial charge in [0.25, 0.3) is 0 Å². The van der Waals surface area contributed by atoms with Crippen molar-refractivity contribution in [2.45, 2.75) is 68.9 Å². The van der Waals surface area contributed by atoms with Crippen molar-refractivity contribution < 1.29 is 4.79 Å². The van der Waals surface area contributed by atoms with Gasteiger partial charge in [0.15, 0.2) is 0 Å². The molecule has 1 aromatic rings. The summed E-state index contributed by atoms with van der Waals surface area (Å²) in [6.45, 7) is 0. The Morgan fingerprint density at radius 3 is 2.22 bits per heavy atom. The van der Waals surface area contributed by atoms with Gasteiger partial charge in [-0.3, -0.25) is 4.79 Å². The molecule has 1 amide bonds. The van der Waals surface area contributed by atoms with Gasteiger partial charge in [-0.25, -0.2) is 0 Å². The minimum Gasteiger partial charge on any atom is -0.353 e. The Morgan fingerprint density at radius 2 is 1.65 bits per heavy atom. The Kier molecular flexibility index (Phi) is 6.52. The van der Waals surface area contributed by atoms with Gasteiger partial charge in [0, 0.05) is 16.6 Å². The molecule has 5 heteroatoms. The lowest BCUT2D eigenvalue weighted by atomic mass is 9.77. The number of hydrogen-bond acceptors (Lipinski definition) is 2. The van der Waals surface area contributed by atoms with Crippen LogP contribution in [-0.2, 0) is 10.2 Å². The van der Waals surface area contributed by atoms with E-state index in [1.54, 1.807) is 0 Å². The number of rotatable bonds is 3. The molecule has 3 N–H and O–H groups in total. The number of nitrogens with two attached hydrogens (primary N) is 1. The summed E-state index contributed by atoms with van der Waals surface area (Å²) in [7, 11) is 0. The molecule has 0 bridgehead atoms. The second kappa shape index (κ2) is 8.00. The molecule has 0 aromatic heterocycles. The lowest BCUT2D eigenvalue weighted by Gasteiger charge is -2.33. The van der Waals surface area contributed by atoms with E-state index in [1.165, 1.54) is 5.56 Å². The molecule has 128 valence electrons. The van der Waals surface area contributed by atoms with E-state index >= 15 is 0 Å². The van der Waals surface area contributed by atoms with Gasteiger partial charge in [0.1, 0.15) is 0 Å². The van der Waals surface area contributed by atoms with E-state index in [0.29, 0.717) is 12.1 Å². The quantitative estimate of drug-likeness (QED) is 0.802. The van der Waals surface area contributed by atoms with Crippen molar-refractivity contribution in [3.8, 4) is 0 Å². The molecule has 3 nitrogen and oxygen atoms in total. The molecular formula is C18H26BrClN2O. The monoisotopic (exact) mass is 400 g/mol. The number of hydrogen-bond donors (Lipinski definition) is 2. The van der Waals surface area contributed by atoms with Gasteiger partial charge >= 0.3 is 0 Å². The normalized spacial score (nSPS) is 26.3. The van der Waals surface area contributed by atoms with Crippen LogP contribution in [0.2, 0.25) is 0 Å². The summed E-state index contributed by atoms with van der Waals surface area (Å²) in [6, 6.07) is 8.92. The fraction of sp³-hybridized carbons (Fsp3) is 0.611. The summed E-state index contributed by atoms with van der Waals surface area (Å²) < 4.78 is 1.06. The minimum atomic E-state index is -0.319. The highest BCUT2D eigenvalue weighted by Gasteiger charge is 2.43. The third kappa shape index (κ3) is 4.09. The second-order valence-corrected chi connectivity index (χ2v) is 7.80. The molecule has 2 aliphatic carbocycles. The van der Waals surface area contributed by atoms with Crippen molar-refractivity contribution in [2.24, 2.45) is 5.73 Å². The number of benzene rings is 1. The van der Waals surface area contributed by atoms with E-state index in [9.17, 15) is 4.79 Å². The molecule has 23 heavy (non-hydrogen) atoms. The van der Waals surface area contributed by atoms with E-state index in [2.05, 4.69) is 33.4 Å². The molecule has 2 saturated carbocycles. The van der Waals surface area contributed by atoms with E-state index in [0.717, 1.165) is 55.8 Å². The van der Waals surface area contributed by atoms with E-state index < -0.39 is 0 Å². The van der Waals surface area contributed by atoms with Crippen LogP contribution >= 0.6 is 28.3 Å². The molecule has 0 heterocycles. The number of carbonyl (C=O) groups is 1. The SMILES string of the molecule is Cl.NC1CCC(NC(=O)C2(c3ccc(Br)cc3)CCCC2)CC1. The molecule has 0 unspecified atom stereocenters. The number of carbonyl (C=O) groups excluding carboxylic acids is 1. The van der Waals surface area contributed by atoms with Gasteiger partial charge in [-0.15, -0.1) is 12.4 Å². The van der Waals surface area contributed by atoms with Crippen LogP contribution < -0.4 is 11.1 Å². The first-order chi connectivity index (χ1) is 10.6. The maximum Gasteiger partial charge on any atom is 0.230 e. The molecule has 2 aliphatic rings. The molecule has 0 aliphatic heterocycles. The first kappa shape index (κ1) is 18.8. The Balaban J connectivity index is 0.00000192.